The quantitative estimate of drug-likeness (QED) is 0.488. The number of halogens is 1. The molecule has 6 heteroatoms. The van der Waals surface area contributed by atoms with Crippen molar-refractivity contribution in [3.8, 4) is 11.1 Å². The van der Waals surface area contributed by atoms with Crippen LogP contribution in [0.4, 0.5) is 0 Å². The standard InChI is InChI=1S/C21H14ClNO3S/c22-17-11-12-20-16(13-17)14-19(15-7-3-1-4-8-15)21(26-20)23-27(24,25)18-9-5-2-6-10-18/h1-14H/b23-21-. The normalized spacial score (nSPS) is 12.4. The molecule has 0 aliphatic carbocycles. The van der Waals surface area contributed by atoms with Gasteiger partial charge in [0.15, 0.2) is 0 Å². The lowest BCUT2D eigenvalue weighted by molar-refractivity contribution is 0.543. The largest absolute Gasteiger partial charge is 0.437 e. The highest BCUT2D eigenvalue weighted by atomic mass is 35.5. The van der Waals surface area contributed by atoms with Crippen LogP contribution in [-0.4, -0.2) is 8.42 Å². The predicted molar refractivity (Wildman–Crippen MR) is 106 cm³/mol. The monoisotopic (exact) mass is 395 g/mol. The van der Waals surface area contributed by atoms with E-state index in [4.69, 9.17) is 16.0 Å². The molecule has 0 saturated heterocycles. The van der Waals surface area contributed by atoms with Crippen LogP contribution in [0.2, 0.25) is 5.02 Å². The third-order valence-corrected chi connectivity index (χ3v) is 5.55. The summed E-state index contributed by atoms with van der Waals surface area (Å²) in [6, 6.07) is 24.4. The summed E-state index contributed by atoms with van der Waals surface area (Å²) >= 11 is 6.08. The molecule has 0 saturated carbocycles. The average molecular weight is 396 g/mol. The first kappa shape index (κ1) is 17.5. The Kier molecular flexibility index (Phi) is 4.56. The van der Waals surface area contributed by atoms with E-state index in [2.05, 4.69) is 4.40 Å². The number of hydrogen-bond donors (Lipinski definition) is 0. The van der Waals surface area contributed by atoms with Gasteiger partial charge in [0, 0.05) is 16.0 Å². The van der Waals surface area contributed by atoms with Crippen LogP contribution < -0.4 is 5.55 Å². The van der Waals surface area contributed by atoms with Gasteiger partial charge in [0.25, 0.3) is 10.0 Å². The number of rotatable bonds is 3. The van der Waals surface area contributed by atoms with E-state index in [1.54, 1.807) is 36.4 Å². The summed E-state index contributed by atoms with van der Waals surface area (Å²) in [5.74, 6) is 0. The molecule has 0 fully saturated rings. The zero-order valence-corrected chi connectivity index (χ0v) is 15.6. The molecular formula is C21H14ClNO3S. The molecule has 4 aromatic rings. The summed E-state index contributed by atoms with van der Waals surface area (Å²) in [5, 5.41) is 1.33. The molecule has 1 heterocycles. The molecule has 0 atom stereocenters. The van der Waals surface area contributed by atoms with E-state index in [1.807, 2.05) is 36.4 Å². The first-order valence-electron chi connectivity index (χ1n) is 8.18. The molecule has 0 radical (unpaired) electrons. The first-order valence-corrected chi connectivity index (χ1v) is 10.00. The lowest BCUT2D eigenvalue weighted by Crippen LogP contribution is -2.10. The van der Waals surface area contributed by atoms with E-state index in [9.17, 15) is 8.42 Å². The minimum absolute atomic E-state index is 0.0277. The van der Waals surface area contributed by atoms with E-state index < -0.39 is 10.0 Å². The zero-order valence-electron chi connectivity index (χ0n) is 14.0. The van der Waals surface area contributed by atoms with Crippen molar-refractivity contribution in [2.75, 3.05) is 0 Å². The number of fused-ring (bicyclic) bond motifs is 1. The molecule has 0 unspecified atom stereocenters. The molecule has 4 nitrogen and oxygen atoms in total. The fourth-order valence-electron chi connectivity index (χ4n) is 2.75. The van der Waals surface area contributed by atoms with Crippen molar-refractivity contribution in [2.45, 2.75) is 4.90 Å². The van der Waals surface area contributed by atoms with Gasteiger partial charge < -0.3 is 4.42 Å². The van der Waals surface area contributed by atoms with Gasteiger partial charge in [-0.2, -0.15) is 8.42 Å². The van der Waals surface area contributed by atoms with Crippen molar-refractivity contribution in [1.82, 2.24) is 0 Å². The third kappa shape index (κ3) is 3.65. The van der Waals surface area contributed by atoms with Gasteiger partial charge in [0.05, 0.1) is 4.90 Å². The molecule has 27 heavy (non-hydrogen) atoms. The van der Waals surface area contributed by atoms with Crippen molar-refractivity contribution in [3.05, 3.63) is 95.5 Å². The van der Waals surface area contributed by atoms with E-state index in [0.29, 0.717) is 16.2 Å². The highest BCUT2D eigenvalue weighted by Gasteiger charge is 2.15. The van der Waals surface area contributed by atoms with Crippen molar-refractivity contribution >= 4 is 32.6 Å². The van der Waals surface area contributed by atoms with Crippen LogP contribution in [0.3, 0.4) is 0 Å². The molecule has 1 aromatic heterocycles. The maximum atomic E-state index is 12.7. The molecule has 0 bridgehead atoms. The second kappa shape index (κ2) is 7.02. The summed E-state index contributed by atoms with van der Waals surface area (Å²) < 4.78 is 35.3. The van der Waals surface area contributed by atoms with Crippen LogP contribution in [0.1, 0.15) is 0 Å². The molecule has 0 spiro atoms. The van der Waals surface area contributed by atoms with Gasteiger partial charge in [0.2, 0.25) is 5.55 Å². The molecule has 0 amide bonds. The predicted octanol–water partition coefficient (Wildman–Crippen LogP) is 5.04. The van der Waals surface area contributed by atoms with E-state index in [-0.39, 0.29) is 10.4 Å². The van der Waals surface area contributed by atoms with Crippen molar-refractivity contribution < 1.29 is 12.8 Å². The molecule has 0 aliphatic heterocycles. The lowest BCUT2D eigenvalue weighted by atomic mass is 10.1. The van der Waals surface area contributed by atoms with Crippen LogP contribution in [0.25, 0.3) is 22.1 Å². The smallest absolute Gasteiger partial charge is 0.285 e. The van der Waals surface area contributed by atoms with E-state index in [0.717, 1.165) is 10.9 Å². The zero-order chi connectivity index (χ0) is 18.9. The van der Waals surface area contributed by atoms with Gasteiger partial charge >= 0.3 is 0 Å². The number of hydrogen-bond acceptors (Lipinski definition) is 3. The van der Waals surface area contributed by atoms with E-state index in [1.165, 1.54) is 12.1 Å². The van der Waals surface area contributed by atoms with Crippen molar-refractivity contribution in [1.29, 1.82) is 0 Å². The summed E-state index contributed by atoms with van der Waals surface area (Å²) in [4.78, 5) is 0.107. The van der Waals surface area contributed by atoms with Crippen molar-refractivity contribution in [2.24, 2.45) is 4.40 Å². The number of sulfonamides is 1. The van der Waals surface area contributed by atoms with E-state index >= 15 is 0 Å². The summed E-state index contributed by atoms with van der Waals surface area (Å²) in [7, 11) is -3.92. The minimum atomic E-state index is -3.92. The number of benzene rings is 3. The highest BCUT2D eigenvalue weighted by Crippen LogP contribution is 2.24. The highest BCUT2D eigenvalue weighted by molar-refractivity contribution is 7.90. The van der Waals surface area contributed by atoms with Crippen LogP contribution >= 0.6 is 11.6 Å². The maximum Gasteiger partial charge on any atom is 0.285 e. The lowest BCUT2D eigenvalue weighted by Gasteiger charge is -2.06. The molecule has 0 aliphatic rings. The fraction of sp³-hybridized carbons (Fsp3) is 0. The Balaban J connectivity index is 2.03. The van der Waals surface area contributed by atoms with Crippen molar-refractivity contribution in [3.63, 3.8) is 0 Å². The van der Waals surface area contributed by atoms with Crippen LogP contribution in [0, 0.1) is 0 Å². The molecular weight excluding hydrogens is 382 g/mol. The first-order chi connectivity index (χ1) is 13.0. The third-order valence-electron chi connectivity index (χ3n) is 4.04. The van der Waals surface area contributed by atoms with Gasteiger partial charge in [-0.3, -0.25) is 0 Å². The Labute approximate surface area is 161 Å². The van der Waals surface area contributed by atoms with Gasteiger partial charge in [-0.05, 0) is 42.0 Å². The second-order valence-corrected chi connectivity index (χ2v) is 7.93. The summed E-state index contributed by atoms with van der Waals surface area (Å²) in [6.07, 6.45) is 0. The Bertz CT molecular complexity index is 1280. The number of nitrogens with zero attached hydrogens (tertiary/aromatic N) is 1. The molecule has 134 valence electrons. The summed E-state index contributed by atoms with van der Waals surface area (Å²) in [6.45, 7) is 0. The van der Waals surface area contributed by atoms with Gasteiger partial charge in [-0.25, -0.2) is 0 Å². The minimum Gasteiger partial charge on any atom is -0.437 e. The molecule has 4 rings (SSSR count). The van der Waals surface area contributed by atoms with Gasteiger partial charge in [0.1, 0.15) is 5.58 Å². The Morgan fingerprint density at radius 3 is 2.19 bits per heavy atom. The molecule has 3 aromatic carbocycles. The molecule has 0 N–H and O–H groups in total. The summed E-state index contributed by atoms with van der Waals surface area (Å²) in [5.41, 5.74) is 1.90. The Morgan fingerprint density at radius 2 is 1.48 bits per heavy atom. The Hall–Kier alpha value is -2.89. The Morgan fingerprint density at radius 1 is 0.815 bits per heavy atom. The average Bonchev–Trinajstić information content (AvgIpc) is 2.69. The van der Waals surface area contributed by atoms with Gasteiger partial charge in [-0.1, -0.05) is 60.1 Å². The van der Waals surface area contributed by atoms with Crippen LogP contribution in [-0.2, 0) is 10.0 Å². The maximum absolute atomic E-state index is 12.7. The van der Waals surface area contributed by atoms with Crippen LogP contribution in [0.15, 0.2) is 98.6 Å². The van der Waals surface area contributed by atoms with Gasteiger partial charge in [-0.15, -0.1) is 4.40 Å². The topological polar surface area (TPSA) is 59.6 Å². The fourth-order valence-corrected chi connectivity index (χ4v) is 3.89. The van der Waals surface area contributed by atoms with Crippen LogP contribution in [0.5, 0.6) is 0 Å². The second-order valence-electron chi connectivity index (χ2n) is 5.89. The SMILES string of the molecule is O=S(=O)(/N=c1\oc2ccc(Cl)cc2cc1-c1ccccc1)c1ccccc1.